The maximum atomic E-state index is 12.3. The van der Waals surface area contributed by atoms with Gasteiger partial charge in [0.1, 0.15) is 0 Å². The molecular weight excluding hydrogens is 292 g/mol. The molecule has 0 aromatic heterocycles. The van der Waals surface area contributed by atoms with Gasteiger partial charge in [-0.15, -0.1) is 0 Å². The summed E-state index contributed by atoms with van der Waals surface area (Å²) in [5, 5.41) is 12.5. The van der Waals surface area contributed by atoms with Crippen molar-refractivity contribution in [1.29, 1.82) is 0 Å². The lowest BCUT2D eigenvalue weighted by atomic mass is 10.1. The highest BCUT2D eigenvalue weighted by molar-refractivity contribution is 5.94. The number of likely N-dealkylation sites (tertiary alicyclic amines) is 1. The third kappa shape index (κ3) is 3.91. The highest BCUT2D eigenvalue weighted by atomic mass is 16.3. The Balaban J connectivity index is 1.52. The first-order valence-corrected chi connectivity index (χ1v) is 8.47. The zero-order valence-corrected chi connectivity index (χ0v) is 13.3. The quantitative estimate of drug-likeness (QED) is 0.888. The number of hydrogen-bond acceptors (Lipinski definition) is 3. The Hall–Kier alpha value is -1.88. The lowest BCUT2D eigenvalue weighted by molar-refractivity contribution is -0.124. The van der Waals surface area contributed by atoms with Crippen molar-refractivity contribution >= 4 is 11.8 Å². The van der Waals surface area contributed by atoms with Crippen LogP contribution in [0.3, 0.4) is 0 Å². The average Bonchev–Trinajstić information content (AvgIpc) is 3.24. The summed E-state index contributed by atoms with van der Waals surface area (Å²) in [5.41, 5.74) is 1.62. The van der Waals surface area contributed by atoms with Crippen LogP contribution in [0.5, 0.6) is 0 Å². The molecule has 0 unspecified atom stereocenters. The van der Waals surface area contributed by atoms with Crippen LogP contribution in [0.4, 0.5) is 0 Å². The number of aliphatic hydroxyl groups excluding tert-OH is 1. The van der Waals surface area contributed by atoms with Gasteiger partial charge in [0, 0.05) is 31.1 Å². The van der Waals surface area contributed by atoms with Crippen LogP contribution in [0.2, 0.25) is 0 Å². The number of carbonyl (C=O) groups is 2. The van der Waals surface area contributed by atoms with Gasteiger partial charge in [0.15, 0.2) is 0 Å². The van der Waals surface area contributed by atoms with Gasteiger partial charge in [-0.1, -0.05) is 25.0 Å². The number of aliphatic hydroxyl groups is 1. The molecule has 0 radical (unpaired) electrons. The van der Waals surface area contributed by atoms with Crippen molar-refractivity contribution < 1.29 is 14.7 Å². The van der Waals surface area contributed by atoms with Crippen LogP contribution >= 0.6 is 0 Å². The molecule has 5 heteroatoms. The summed E-state index contributed by atoms with van der Waals surface area (Å²) in [6.45, 7) is 1.53. The molecule has 1 aromatic rings. The number of benzene rings is 1. The number of nitrogens with zero attached hydrogens (tertiary/aromatic N) is 1. The smallest absolute Gasteiger partial charge is 0.253 e. The van der Waals surface area contributed by atoms with E-state index < -0.39 is 6.10 Å². The van der Waals surface area contributed by atoms with E-state index in [1.165, 1.54) is 0 Å². The van der Waals surface area contributed by atoms with Gasteiger partial charge in [0.2, 0.25) is 5.91 Å². The maximum absolute atomic E-state index is 12.3. The second-order valence-corrected chi connectivity index (χ2v) is 6.59. The molecular formula is C18H24N2O3. The molecule has 2 N–H and O–H groups in total. The summed E-state index contributed by atoms with van der Waals surface area (Å²) in [4.78, 5) is 26.0. The molecule has 1 atom stereocenters. The van der Waals surface area contributed by atoms with E-state index in [0.29, 0.717) is 31.6 Å². The predicted octanol–water partition coefficient (Wildman–Crippen LogP) is 1.70. The number of rotatable bonds is 4. The Morgan fingerprint density at radius 2 is 1.83 bits per heavy atom. The third-order valence-electron chi connectivity index (χ3n) is 4.84. The minimum atomic E-state index is -0.399. The minimum Gasteiger partial charge on any atom is -0.391 e. The van der Waals surface area contributed by atoms with Crippen molar-refractivity contribution in [1.82, 2.24) is 10.2 Å². The van der Waals surface area contributed by atoms with Crippen LogP contribution in [0.25, 0.3) is 0 Å². The molecule has 1 saturated carbocycles. The van der Waals surface area contributed by atoms with Gasteiger partial charge in [-0.2, -0.15) is 0 Å². The van der Waals surface area contributed by atoms with Crippen molar-refractivity contribution in [2.45, 2.75) is 44.8 Å². The second kappa shape index (κ2) is 7.13. The van der Waals surface area contributed by atoms with Gasteiger partial charge in [0.25, 0.3) is 5.91 Å². The van der Waals surface area contributed by atoms with E-state index in [1.54, 1.807) is 17.0 Å². The van der Waals surface area contributed by atoms with Gasteiger partial charge < -0.3 is 15.3 Å². The monoisotopic (exact) mass is 316 g/mol. The summed E-state index contributed by atoms with van der Waals surface area (Å²) in [7, 11) is 0. The lowest BCUT2D eigenvalue weighted by Gasteiger charge is -2.16. The summed E-state index contributed by atoms with van der Waals surface area (Å²) in [6.07, 6.45) is 4.56. The number of β-amino-alcohol motifs (C(OH)–C–C–N with tert-alkyl or cyclic N) is 1. The number of hydrogen-bond donors (Lipinski definition) is 2. The summed E-state index contributed by atoms with van der Waals surface area (Å²) in [5.74, 6) is 0.286. The summed E-state index contributed by atoms with van der Waals surface area (Å²) in [6, 6.07) is 7.36. The van der Waals surface area contributed by atoms with Gasteiger partial charge in [-0.05, 0) is 37.0 Å². The van der Waals surface area contributed by atoms with Crippen LogP contribution in [-0.2, 0) is 11.3 Å². The molecule has 1 aromatic carbocycles. The fourth-order valence-corrected chi connectivity index (χ4v) is 3.40. The van der Waals surface area contributed by atoms with Crippen LogP contribution in [-0.4, -0.2) is 41.0 Å². The zero-order valence-electron chi connectivity index (χ0n) is 13.3. The summed E-state index contributed by atoms with van der Waals surface area (Å²) >= 11 is 0. The van der Waals surface area contributed by atoms with Crippen LogP contribution in [0.1, 0.15) is 48.0 Å². The Bertz CT molecular complexity index is 564. The highest BCUT2D eigenvalue weighted by Gasteiger charge is 2.25. The first kappa shape index (κ1) is 16.0. The number of carbonyl (C=O) groups excluding carboxylic acids is 2. The lowest BCUT2D eigenvalue weighted by Crippen LogP contribution is -2.30. The minimum absolute atomic E-state index is 0.0388. The molecule has 1 aliphatic carbocycles. The Morgan fingerprint density at radius 3 is 2.43 bits per heavy atom. The SMILES string of the molecule is O=C(NCc1ccc(C(=O)N2CC[C@H](O)C2)cc1)C1CCCC1. The molecule has 0 bridgehead atoms. The molecule has 3 rings (SSSR count). The van der Waals surface area contributed by atoms with E-state index in [2.05, 4.69) is 5.32 Å². The molecule has 1 saturated heterocycles. The van der Waals surface area contributed by atoms with Crippen molar-refractivity contribution in [3.05, 3.63) is 35.4 Å². The number of amides is 2. The van der Waals surface area contributed by atoms with Crippen LogP contribution < -0.4 is 5.32 Å². The average molecular weight is 316 g/mol. The van der Waals surface area contributed by atoms with E-state index in [-0.39, 0.29) is 17.7 Å². The Morgan fingerprint density at radius 1 is 1.13 bits per heavy atom. The Kier molecular flexibility index (Phi) is 4.96. The van der Waals surface area contributed by atoms with Crippen molar-refractivity contribution in [2.24, 2.45) is 5.92 Å². The van der Waals surface area contributed by atoms with Crippen molar-refractivity contribution in [3.8, 4) is 0 Å². The van der Waals surface area contributed by atoms with E-state index >= 15 is 0 Å². The van der Waals surface area contributed by atoms with Crippen molar-refractivity contribution in [3.63, 3.8) is 0 Å². The topological polar surface area (TPSA) is 69.6 Å². The first-order chi connectivity index (χ1) is 11.1. The van der Waals surface area contributed by atoms with E-state index in [0.717, 1.165) is 31.2 Å². The predicted molar refractivity (Wildman–Crippen MR) is 86.8 cm³/mol. The van der Waals surface area contributed by atoms with Crippen molar-refractivity contribution in [2.75, 3.05) is 13.1 Å². The highest BCUT2D eigenvalue weighted by Crippen LogP contribution is 2.24. The molecule has 2 aliphatic rings. The molecule has 5 nitrogen and oxygen atoms in total. The fraction of sp³-hybridized carbons (Fsp3) is 0.556. The van der Waals surface area contributed by atoms with E-state index in [4.69, 9.17) is 0 Å². The summed E-state index contributed by atoms with van der Waals surface area (Å²) < 4.78 is 0. The Labute approximate surface area is 136 Å². The first-order valence-electron chi connectivity index (χ1n) is 8.47. The largest absolute Gasteiger partial charge is 0.391 e. The van der Waals surface area contributed by atoms with Gasteiger partial charge >= 0.3 is 0 Å². The molecule has 0 spiro atoms. The fourth-order valence-electron chi connectivity index (χ4n) is 3.40. The molecule has 23 heavy (non-hydrogen) atoms. The van der Waals surface area contributed by atoms with E-state index in [1.807, 2.05) is 12.1 Å². The molecule has 1 heterocycles. The maximum Gasteiger partial charge on any atom is 0.253 e. The van der Waals surface area contributed by atoms with Crippen LogP contribution in [0, 0.1) is 5.92 Å². The molecule has 1 aliphatic heterocycles. The number of nitrogens with one attached hydrogen (secondary N) is 1. The molecule has 2 amide bonds. The zero-order chi connectivity index (χ0) is 16.2. The van der Waals surface area contributed by atoms with E-state index in [9.17, 15) is 14.7 Å². The second-order valence-electron chi connectivity index (χ2n) is 6.59. The molecule has 124 valence electrons. The standard InChI is InChI=1S/C18H24N2O3/c21-16-9-10-20(12-16)18(23)15-7-5-13(6-8-15)11-19-17(22)14-3-1-2-4-14/h5-8,14,16,21H,1-4,9-12H2,(H,19,22)/t16-/m0/s1. The van der Waals surface area contributed by atoms with Crippen LogP contribution in [0.15, 0.2) is 24.3 Å². The van der Waals surface area contributed by atoms with Gasteiger partial charge in [-0.3, -0.25) is 9.59 Å². The normalized spacial score (nSPS) is 21.6. The molecule has 2 fully saturated rings. The van der Waals surface area contributed by atoms with Gasteiger partial charge in [0.05, 0.1) is 6.10 Å². The van der Waals surface area contributed by atoms with Gasteiger partial charge in [-0.25, -0.2) is 0 Å². The third-order valence-corrected chi connectivity index (χ3v) is 4.84.